The van der Waals surface area contributed by atoms with Crippen LogP contribution in [0.25, 0.3) is 0 Å². The number of hydrogen-bond acceptors (Lipinski definition) is 6. The summed E-state index contributed by atoms with van der Waals surface area (Å²) in [6, 6.07) is 6.49. The number of terminal acetylenes is 1. The highest BCUT2D eigenvalue weighted by atomic mass is 16.6. The number of nitrogens with zero attached hydrogens (tertiary/aromatic N) is 2. The molecule has 2 rings (SSSR count). The third-order valence-corrected chi connectivity index (χ3v) is 2.59. The van der Waals surface area contributed by atoms with Crippen LogP contribution < -0.4 is 4.74 Å². The summed E-state index contributed by atoms with van der Waals surface area (Å²) >= 11 is 0. The minimum absolute atomic E-state index is 0.178. The molecular weight excluding hydrogens is 272 g/mol. The van der Waals surface area contributed by atoms with E-state index >= 15 is 0 Å². The molecule has 0 bridgehead atoms. The van der Waals surface area contributed by atoms with Gasteiger partial charge in [0.15, 0.2) is 6.10 Å². The highest BCUT2D eigenvalue weighted by Gasteiger charge is 2.18. The van der Waals surface area contributed by atoms with Crippen LogP contribution in [-0.2, 0) is 4.74 Å². The molecule has 0 unspecified atom stereocenters. The van der Waals surface area contributed by atoms with Gasteiger partial charge in [0.25, 0.3) is 5.89 Å². The lowest BCUT2D eigenvalue weighted by atomic mass is 10.2. The Balaban J connectivity index is 1.98. The van der Waals surface area contributed by atoms with Crippen LogP contribution in [0.15, 0.2) is 28.7 Å². The maximum Gasteiger partial charge on any atom is 0.338 e. The molecule has 1 aromatic carbocycles. The standard InChI is InChI=1S/C15H14N2O4/c1-4-9-19-13-7-5-12(6-8-13)15(18)20-10(2)14-17-16-11(3)21-14/h1,5-8,10H,9H2,2-3H3/t10-/m0/s1. The summed E-state index contributed by atoms with van der Waals surface area (Å²) in [5, 5.41) is 7.49. The van der Waals surface area contributed by atoms with Crippen molar-refractivity contribution < 1.29 is 18.7 Å². The summed E-state index contributed by atoms with van der Waals surface area (Å²) in [7, 11) is 0. The van der Waals surface area contributed by atoms with Crippen LogP contribution in [0.1, 0.15) is 35.2 Å². The van der Waals surface area contributed by atoms with Crippen LogP contribution in [0.2, 0.25) is 0 Å². The molecule has 0 N–H and O–H groups in total. The van der Waals surface area contributed by atoms with Crippen molar-refractivity contribution in [3.05, 3.63) is 41.6 Å². The lowest BCUT2D eigenvalue weighted by Crippen LogP contribution is -2.09. The van der Waals surface area contributed by atoms with E-state index in [0.29, 0.717) is 17.2 Å². The predicted octanol–water partition coefficient (Wildman–Crippen LogP) is 2.31. The van der Waals surface area contributed by atoms with Crippen molar-refractivity contribution in [2.24, 2.45) is 0 Å². The van der Waals surface area contributed by atoms with E-state index in [1.807, 2.05) is 0 Å². The molecule has 0 radical (unpaired) electrons. The van der Waals surface area contributed by atoms with Crippen molar-refractivity contribution in [3.63, 3.8) is 0 Å². The van der Waals surface area contributed by atoms with E-state index in [4.69, 9.17) is 20.3 Å². The molecule has 1 atom stereocenters. The molecule has 0 amide bonds. The Bertz CT molecular complexity index is 655. The third kappa shape index (κ3) is 3.83. The Hall–Kier alpha value is -2.81. The van der Waals surface area contributed by atoms with Gasteiger partial charge in [0.2, 0.25) is 5.89 Å². The fourth-order valence-electron chi connectivity index (χ4n) is 1.57. The number of aromatic nitrogens is 2. The van der Waals surface area contributed by atoms with E-state index in [9.17, 15) is 4.79 Å². The van der Waals surface area contributed by atoms with Crippen molar-refractivity contribution >= 4 is 5.97 Å². The van der Waals surface area contributed by atoms with E-state index in [1.54, 1.807) is 38.1 Å². The molecule has 1 heterocycles. The van der Waals surface area contributed by atoms with Crippen LogP contribution in [0.4, 0.5) is 0 Å². The second-order valence-corrected chi connectivity index (χ2v) is 4.22. The van der Waals surface area contributed by atoms with Gasteiger partial charge in [-0.05, 0) is 31.2 Å². The van der Waals surface area contributed by atoms with Gasteiger partial charge in [0.05, 0.1) is 5.56 Å². The van der Waals surface area contributed by atoms with Gasteiger partial charge in [-0.25, -0.2) is 4.79 Å². The van der Waals surface area contributed by atoms with Crippen molar-refractivity contribution in [2.75, 3.05) is 6.61 Å². The fourth-order valence-corrected chi connectivity index (χ4v) is 1.57. The van der Waals surface area contributed by atoms with Crippen LogP contribution in [0, 0.1) is 19.3 Å². The minimum atomic E-state index is -0.615. The largest absolute Gasteiger partial charge is 0.481 e. The molecule has 0 saturated carbocycles. The van der Waals surface area contributed by atoms with Crippen LogP contribution in [0.3, 0.4) is 0 Å². The Morgan fingerprint density at radius 1 is 1.38 bits per heavy atom. The number of esters is 1. The van der Waals surface area contributed by atoms with Gasteiger partial charge in [-0.2, -0.15) is 0 Å². The number of aryl methyl sites for hydroxylation is 1. The van der Waals surface area contributed by atoms with Gasteiger partial charge >= 0.3 is 5.97 Å². The number of benzene rings is 1. The zero-order chi connectivity index (χ0) is 15.2. The second-order valence-electron chi connectivity index (χ2n) is 4.22. The van der Waals surface area contributed by atoms with Gasteiger partial charge in [0.1, 0.15) is 12.4 Å². The first-order valence-corrected chi connectivity index (χ1v) is 6.27. The Kier molecular flexibility index (Phi) is 4.57. The second kappa shape index (κ2) is 6.57. The van der Waals surface area contributed by atoms with Crippen LogP contribution in [-0.4, -0.2) is 22.8 Å². The summed E-state index contributed by atoms with van der Waals surface area (Å²) in [6.45, 7) is 3.51. The predicted molar refractivity (Wildman–Crippen MR) is 73.6 cm³/mol. The third-order valence-electron chi connectivity index (χ3n) is 2.59. The monoisotopic (exact) mass is 286 g/mol. The molecule has 0 aliphatic heterocycles. The lowest BCUT2D eigenvalue weighted by Gasteiger charge is -2.09. The van der Waals surface area contributed by atoms with Gasteiger partial charge in [-0.1, -0.05) is 5.92 Å². The average molecular weight is 286 g/mol. The molecule has 0 aliphatic carbocycles. The van der Waals surface area contributed by atoms with E-state index in [0.717, 1.165) is 0 Å². The average Bonchev–Trinajstić information content (AvgIpc) is 2.92. The molecular formula is C15H14N2O4. The summed E-state index contributed by atoms with van der Waals surface area (Å²) in [5.74, 6) is 3.14. The zero-order valence-electron chi connectivity index (χ0n) is 11.7. The summed E-state index contributed by atoms with van der Waals surface area (Å²) < 4.78 is 15.7. The zero-order valence-corrected chi connectivity index (χ0v) is 11.7. The molecule has 21 heavy (non-hydrogen) atoms. The summed E-state index contributed by atoms with van der Waals surface area (Å²) in [5.41, 5.74) is 0.395. The number of ether oxygens (including phenoxy) is 2. The van der Waals surface area contributed by atoms with Crippen molar-refractivity contribution in [1.82, 2.24) is 10.2 Å². The summed E-state index contributed by atoms with van der Waals surface area (Å²) in [6.07, 6.45) is 4.48. The van der Waals surface area contributed by atoms with Gasteiger partial charge < -0.3 is 13.9 Å². The quantitative estimate of drug-likeness (QED) is 0.620. The first-order valence-electron chi connectivity index (χ1n) is 6.27. The van der Waals surface area contributed by atoms with Gasteiger partial charge in [-0.3, -0.25) is 0 Å². The Morgan fingerprint density at radius 3 is 2.67 bits per heavy atom. The fraction of sp³-hybridized carbons (Fsp3) is 0.267. The number of rotatable bonds is 5. The molecule has 6 nitrogen and oxygen atoms in total. The number of hydrogen-bond donors (Lipinski definition) is 0. The van der Waals surface area contributed by atoms with E-state index in [1.165, 1.54) is 0 Å². The molecule has 0 fully saturated rings. The van der Waals surface area contributed by atoms with Crippen molar-refractivity contribution in [3.8, 4) is 18.1 Å². The smallest absolute Gasteiger partial charge is 0.338 e. The molecule has 0 spiro atoms. The van der Waals surface area contributed by atoms with E-state index in [2.05, 4.69) is 16.1 Å². The first-order chi connectivity index (χ1) is 10.1. The number of carbonyl (C=O) groups excluding carboxylic acids is 1. The molecule has 0 saturated heterocycles. The molecule has 6 heteroatoms. The highest BCUT2D eigenvalue weighted by Crippen LogP contribution is 2.18. The SMILES string of the molecule is C#CCOc1ccc(C(=O)O[C@@H](C)c2nnc(C)o2)cc1. The minimum Gasteiger partial charge on any atom is -0.481 e. The molecule has 2 aromatic rings. The Labute approximate surface area is 122 Å². The topological polar surface area (TPSA) is 74.5 Å². The van der Waals surface area contributed by atoms with Gasteiger partial charge in [-0.15, -0.1) is 16.6 Å². The molecule has 1 aromatic heterocycles. The van der Waals surface area contributed by atoms with Crippen LogP contribution in [0.5, 0.6) is 5.75 Å². The normalized spacial score (nSPS) is 11.5. The molecule has 108 valence electrons. The molecule has 0 aliphatic rings. The van der Waals surface area contributed by atoms with Crippen LogP contribution >= 0.6 is 0 Å². The number of carbonyl (C=O) groups is 1. The Morgan fingerprint density at radius 2 is 2.10 bits per heavy atom. The highest BCUT2D eigenvalue weighted by molar-refractivity contribution is 5.89. The van der Waals surface area contributed by atoms with E-state index in [-0.39, 0.29) is 12.5 Å². The van der Waals surface area contributed by atoms with Gasteiger partial charge in [0, 0.05) is 6.92 Å². The van der Waals surface area contributed by atoms with E-state index < -0.39 is 12.1 Å². The summed E-state index contributed by atoms with van der Waals surface area (Å²) in [4.78, 5) is 12.0. The maximum absolute atomic E-state index is 12.0. The van der Waals surface area contributed by atoms with Crippen molar-refractivity contribution in [1.29, 1.82) is 0 Å². The maximum atomic E-state index is 12.0. The first kappa shape index (κ1) is 14.6. The lowest BCUT2D eigenvalue weighted by molar-refractivity contribution is 0.0277. The van der Waals surface area contributed by atoms with Crippen molar-refractivity contribution in [2.45, 2.75) is 20.0 Å².